The number of anilines is 2. The van der Waals surface area contributed by atoms with Crippen LogP contribution in [0.4, 0.5) is 11.4 Å². The van der Waals surface area contributed by atoms with E-state index in [1.54, 1.807) is 18.2 Å². The Morgan fingerprint density at radius 2 is 2.17 bits per heavy atom. The van der Waals surface area contributed by atoms with Gasteiger partial charge in [-0.2, -0.15) is 0 Å². The van der Waals surface area contributed by atoms with Crippen molar-refractivity contribution in [3.8, 4) is 0 Å². The van der Waals surface area contributed by atoms with Crippen LogP contribution < -0.4 is 11.1 Å². The van der Waals surface area contributed by atoms with E-state index in [0.717, 1.165) is 6.42 Å². The fourth-order valence-electron chi connectivity index (χ4n) is 1.19. The van der Waals surface area contributed by atoms with Crippen molar-refractivity contribution >= 4 is 28.9 Å². The first-order valence-corrected chi connectivity index (χ1v) is 6.20. The molecule has 0 heterocycles. The molecular formula is C13H19ClN2O2. The summed E-state index contributed by atoms with van der Waals surface area (Å²) in [5, 5.41) is 3.12. The van der Waals surface area contributed by atoms with Crippen molar-refractivity contribution in [3.63, 3.8) is 0 Å². The van der Waals surface area contributed by atoms with Crippen LogP contribution in [0.15, 0.2) is 18.2 Å². The average molecular weight is 271 g/mol. The molecule has 4 nitrogen and oxygen atoms in total. The highest BCUT2D eigenvalue weighted by Gasteiger charge is 2.17. The van der Waals surface area contributed by atoms with Gasteiger partial charge >= 0.3 is 0 Å². The first kappa shape index (κ1) is 14.8. The van der Waals surface area contributed by atoms with Crippen molar-refractivity contribution in [1.29, 1.82) is 0 Å². The van der Waals surface area contributed by atoms with Crippen molar-refractivity contribution in [3.05, 3.63) is 23.2 Å². The highest BCUT2D eigenvalue weighted by molar-refractivity contribution is 6.33. The second kappa shape index (κ2) is 6.07. The zero-order valence-corrected chi connectivity index (χ0v) is 11.7. The van der Waals surface area contributed by atoms with Crippen LogP contribution in [0.25, 0.3) is 0 Å². The van der Waals surface area contributed by atoms with Crippen LogP contribution in [0.3, 0.4) is 0 Å². The predicted octanol–water partition coefficient (Wildman–Crippen LogP) is 3.07. The Hall–Kier alpha value is -1.26. The summed E-state index contributed by atoms with van der Waals surface area (Å²) in [6.45, 7) is 5.88. The fourth-order valence-corrected chi connectivity index (χ4v) is 1.35. The molecule has 0 saturated heterocycles. The summed E-state index contributed by atoms with van der Waals surface area (Å²) in [4.78, 5) is 11.7. The van der Waals surface area contributed by atoms with Crippen molar-refractivity contribution in [2.75, 3.05) is 17.7 Å². The van der Waals surface area contributed by atoms with Gasteiger partial charge in [-0.15, -0.1) is 0 Å². The topological polar surface area (TPSA) is 64.3 Å². The molecule has 0 aliphatic carbocycles. The van der Waals surface area contributed by atoms with Gasteiger partial charge in [-0.05, 0) is 38.5 Å². The number of nitrogens with one attached hydrogen (secondary N) is 1. The van der Waals surface area contributed by atoms with Crippen LogP contribution in [-0.4, -0.2) is 18.1 Å². The van der Waals surface area contributed by atoms with Crippen molar-refractivity contribution in [2.45, 2.75) is 32.8 Å². The molecule has 0 atom stereocenters. The van der Waals surface area contributed by atoms with E-state index < -0.39 is 0 Å². The summed E-state index contributed by atoms with van der Waals surface area (Å²) in [6.07, 6.45) is 0.833. The van der Waals surface area contributed by atoms with Crippen molar-refractivity contribution in [1.82, 2.24) is 0 Å². The third kappa shape index (κ3) is 4.55. The number of hydrogen-bond donors (Lipinski definition) is 2. The van der Waals surface area contributed by atoms with Crippen LogP contribution >= 0.6 is 11.6 Å². The Labute approximate surface area is 112 Å². The lowest BCUT2D eigenvalue weighted by atomic mass is 10.1. The second-order valence-corrected chi connectivity index (χ2v) is 5.10. The number of nitrogens with two attached hydrogens (primary N) is 1. The van der Waals surface area contributed by atoms with Crippen molar-refractivity contribution < 1.29 is 9.53 Å². The molecule has 0 bridgehead atoms. The van der Waals surface area contributed by atoms with E-state index in [1.807, 2.05) is 20.8 Å². The predicted molar refractivity (Wildman–Crippen MR) is 74.8 cm³/mol. The van der Waals surface area contributed by atoms with Gasteiger partial charge in [0, 0.05) is 5.69 Å². The quantitative estimate of drug-likeness (QED) is 0.808. The fraction of sp³-hybridized carbons (Fsp3) is 0.462. The first-order chi connectivity index (χ1) is 8.34. The summed E-state index contributed by atoms with van der Waals surface area (Å²) in [6, 6.07) is 4.93. The number of rotatable bonds is 5. The van der Waals surface area contributed by atoms with Crippen LogP contribution in [0, 0.1) is 0 Å². The van der Waals surface area contributed by atoms with Crippen LogP contribution in [-0.2, 0) is 9.53 Å². The van der Waals surface area contributed by atoms with Crippen LogP contribution in [0.1, 0.15) is 27.2 Å². The van der Waals surface area contributed by atoms with Gasteiger partial charge < -0.3 is 15.8 Å². The minimum absolute atomic E-state index is 0.00797. The molecule has 1 rings (SSSR count). The Morgan fingerprint density at radius 1 is 1.50 bits per heavy atom. The minimum atomic E-state index is -0.309. The van der Waals surface area contributed by atoms with Gasteiger partial charge in [0.1, 0.15) is 6.61 Å². The van der Waals surface area contributed by atoms with E-state index in [2.05, 4.69) is 5.32 Å². The number of carbonyl (C=O) groups is 1. The lowest BCUT2D eigenvalue weighted by molar-refractivity contribution is -0.126. The second-order valence-electron chi connectivity index (χ2n) is 4.69. The number of carbonyl (C=O) groups excluding carboxylic acids is 1. The molecule has 0 spiro atoms. The Kier molecular flexibility index (Phi) is 4.99. The van der Waals surface area contributed by atoms with Crippen LogP contribution in [0.5, 0.6) is 0 Å². The average Bonchev–Trinajstić information content (AvgIpc) is 2.31. The highest BCUT2D eigenvalue weighted by atomic mass is 35.5. The third-order valence-corrected chi connectivity index (χ3v) is 3.04. The smallest absolute Gasteiger partial charge is 0.250 e. The summed E-state index contributed by atoms with van der Waals surface area (Å²) in [7, 11) is 0. The van der Waals surface area contributed by atoms with Gasteiger partial charge in [-0.1, -0.05) is 18.5 Å². The van der Waals surface area contributed by atoms with E-state index in [4.69, 9.17) is 22.1 Å². The lowest BCUT2D eigenvalue weighted by Gasteiger charge is -2.23. The molecule has 1 aromatic rings. The van der Waals surface area contributed by atoms with E-state index in [9.17, 15) is 4.79 Å². The Morgan fingerprint density at radius 3 is 2.78 bits per heavy atom. The zero-order valence-electron chi connectivity index (χ0n) is 10.9. The zero-order chi connectivity index (χ0) is 13.8. The molecule has 0 fully saturated rings. The van der Waals surface area contributed by atoms with Gasteiger partial charge in [0.15, 0.2) is 0 Å². The number of hydrogen-bond acceptors (Lipinski definition) is 3. The molecule has 0 aliphatic heterocycles. The standard InChI is InChI=1S/C13H19ClN2O2/c1-4-13(2,3)18-8-12(17)16-11-7-9(15)5-6-10(11)14/h5-7H,4,8,15H2,1-3H3,(H,16,17). The molecule has 1 amide bonds. The summed E-state index contributed by atoms with van der Waals surface area (Å²) >= 11 is 5.95. The maximum absolute atomic E-state index is 11.7. The summed E-state index contributed by atoms with van der Waals surface area (Å²) in [5.41, 5.74) is 6.36. The monoisotopic (exact) mass is 270 g/mol. The SMILES string of the molecule is CCC(C)(C)OCC(=O)Nc1cc(N)ccc1Cl. The molecule has 0 saturated carbocycles. The van der Waals surface area contributed by atoms with E-state index in [0.29, 0.717) is 16.4 Å². The molecule has 5 heteroatoms. The lowest BCUT2D eigenvalue weighted by Crippen LogP contribution is -2.29. The van der Waals surface area contributed by atoms with Gasteiger partial charge in [0.25, 0.3) is 0 Å². The first-order valence-electron chi connectivity index (χ1n) is 5.83. The van der Waals surface area contributed by atoms with Crippen LogP contribution in [0.2, 0.25) is 5.02 Å². The largest absolute Gasteiger partial charge is 0.399 e. The minimum Gasteiger partial charge on any atom is -0.399 e. The van der Waals surface area contributed by atoms with Gasteiger partial charge in [-0.25, -0.2) is 0 Å². The number of amides is 1. The summed E-state index contributed by atoms with van der Waals surface area (Å²) < 4.78 is 5.50. The van der Waals surface area contributed by atoms with Crippen molar-refractivity contribution in [2.24, 2.45) is 0 Å². The number of ether oxygens (including phenoxy) is 1. The van der Waals surface area contributed by atoms with E-state index in [1.165, 1.54) is 0 Å². The Balaban J connectivity index is 2.57. The molecule has 1 aromatic carbocycles. The normalized spacial score (nSPS) is 11.3. The number of nitrogen functional groups attached to an aromatic ring is 1. The van der Waals surface area contributed by atoms with Gasteiger partial charge in [0.2, 0.25) is 5.91 Å². The molecule has 0 aromatic heterocycles. The van der Waals surface area contributed by atoms with Gasteiger partial charge in [-0.3, -0.25) is 4.79 Å². The van der Waals surface area contributed by atoms with Gasteiger partial charge in [0.05, 0.1) is 16.3 Å². The molecule has 0 aliphatic rings. The van der Waals surface area contributed by atoms with E-state index >= 15 is 0 Å². The maximum atomic E-state index is 11.7. The highest BCUT2D eigenvalue weighted by Crippen LogP contribution is 2.24. The third-order valence-electron chi connectivity index (χ3n) is 2.71. The number of benzene rings is 1. The summed E-state index contributed by atoms with van der Waals surface area (Å²) in [5.74, 6) is -0.246. The molecule has 0 unspecified atom stereocenters. The number of halogens is 1. The maximum Gasteiger partial charge on any atom is 0.250 e. The van der Waals surface area contributed by atoms with E-state index in [-0.39, 0.29) is 18.1 Å². The molecule has 100 valence electrons. The molecular weight excluding hydrogens is 252 g/mol. The molecule has 18 heavy (non-hydrogen) atoms. The Bertz CT molecular complexity index is 433. The molecule has 0 radical (unpaired) electrons. The molecule has 3 N–H and O–H groups in total.